The Kier molecular flexibility index (Phi) is 1.88. The molecule has 0 radical (unpaired) electrons. The van der Waals surface area contributed by atoms with Gasteiger partial charge in [-0.1, -0.05) is 13.0 Å². The molecule has 2 unspecified atom stereocenters. The van der Waals surface area contributed by atoms with Crippen molar-refractivity contribution >= 4 is 0 Å². The second-order valence-corrected chi connectivity index (χ2v) is 2.57. The SMILES string of the molecule is CC1=CC(C)COC1O. The lowest BCUT2D eigenvalue weighted by atomic mass is 10.1. The molecular weight excluding hydrogens is 116 g/mol. The van der Waals surface area contributed by atoms with Crippen molar-refractivity contribution < 1.29 is 9.84 Å². The van der Waals surface area contributed by atoms with Gasteiger partial charge in [0.05, 0.1) is 6.61 Å². The Morgan fingerprint density at radius 3 is 2.89 bits per heavy atom. The van der Waals surface area contributed by atoms with E-state index in [1.807, 2.05) is 13.0 Å². The van der Waals surface area contributed by atoms with E-state index in [-0.39, 0.29) is 0 Å². The van der Waals surface area contributed by atoms with Crippen LogP contribution in [0.25, 0.3) is 0 Å². The highest BCUT2D eigenvalue weighted by Crippen LogP contribution is 2.14. The molecule has 0 aliphatic carbocycles. The highest BCUT2D eigenvalue weighted by molar-refractivity contribution is 5.05. The molecule has 0 fully saturated rings. The molecule has 1 heterocycles. The molecule has 1 aliphatic heterocycles. The van der Waals surface area contributed by atoms with Crippen molar-refractivity contribution in [2.24, 2.45) is 5.92 Å². The van der Waals surface area contributed by atoms with Crippen LogP contribution in [0.4, 0.5) is 0 Å². The minimum absolute atomic E-state index is 0.452. The average molecular weight is 128 g/mol. The van der Waals surface area contributed by atoms with Gasteiger partial charge in [-0.3, -0.25) is 0 Å². The molecular formula is C7H12O2. The fourth-order valence-corrected chi connectivity index (χ4v) is 0.954. The van der Waals surface area contributed by atoms with Gasteiger partial charge in [0.15, 0.2) is 6.29 Å². The van der Waals surface area contributed by atoms with Crippen LogP contribution in [0.3, 0.4) is 0 Å². The lowest BCUT2D eigenvalue weighted by molar-refractivity contribution is -0.0874. The van der Waals surface area contributed by atoms with Crippen LogP contribution in [0.15, 0.2) is 11.6 Å². The molecule has 2 heteroatoms. The van der Waals surface area contributed by atoms with Crippen molar-refractivity contribution in [3.8, 4) is 0 Å². The summed E-state index contributed by atoms with van der Waals surface area (Å²) in [5.74, 6) is 0.452. The minimum Gasteiger partial charge on any atom is -0.364 e. The molecule has 0 aromatic rings. The van der Waals surface area contributed by atoms with Crippen molar-refractivity contribution in [2.75, 3.05) is 6.61 Å². The van der Waals surface area contributed by atoms with Gasteiger partial charge >= 0.3 is 0 Å². The molecule has 0 bridgehead atoms. The molecule has 0 spiro atoms. The summed E-state index contributed by atoms with van der Waals surface area (Å²) in [7, 11) is 0. The number of hydrogen-bond acceptors (Lipinski definition) is 2. The Bertz CT molecular complexity index is 129. The van der Waals surface area contributed by atoms with E-state index in [4.69, 9.17) is 9.84 Å². The van der Waals surface area contributed by atoms with Gasteiger partial charge in [0.25, 0.3) is 0 Å². The van der Waals surface area contributed by atoms with Gasteiger partial charge in [-0.15, -0.1) is 0 Å². The number of ether oxygens (including phenoxy) is 1. The topological polar surface area (TPSA) is 29.5 Å². The van der Waals surface area contributed by atoms with E-state index in [1.165, 1.54) is 0 Å². The molecule has 2 atom stereocenters. The molecule has 1 N–H and O–H groups in total. The van der Waals surface area contributed by atoms with Gasteiger partial charge in [0.1, 0.15) is 0 Å². The highest BCUT2D eigenvalue weighted by Gasteiger charge is 2.14. The first-order valence-corrected chi connectivity index (χ1v) is 3.18. The molecule has 0 saturated carbocycles. The Hall–Kier alpha value is -0.340. The maximum atomic E-state index is 9.00. The van der Waals surface area contributed by atoms with Crippen molar-refractivity contribution in [1.82, 2.24) is 0 Å². The van der Waals surface area contributed by atoms with Crippen molar-refractivity contribution in [3.05, 3.63) is 11.6 Å². The Balaban J connectivity index is 2.61. The summed E-state index contributed by atoms with van der Waals surface area (Å²) in [6.07, 6.45) is 1.38. The van der Waals surface area contributed by atoms with Gasteiger partial charge in [-0.2, -0.15) is 0 Å². The zero-order valence-corrected chi connectivity index (χ0v) is 5.79. The summed E-state index contributed by atoms with van der Waals surface area (Å²) in [6, 6.07) is 0. The Morgan fingerprint density at radius 1 is 1.78 bits per heavy atom. The van der Waals surface area contributed by atoms with E-state index in [0.29, 0.717) is 12.5 Å². The van der Waals surface area contributed by atoms with Crippen molar-refractivity contribution in [1.29, 1.82) is 0 Å². The lowest BCUT2D eigenvalue weighted by Crippen LogP contribution is -2.22. The van der Waals surface area contributed by atoms with Crippen LogP contribution < -0.4 is 0 Å². The predicted molar refractivity (Wildman–Crippen MR) is 34.9 cm³/mol. The first kappa shape index (κ1) is 6.78. The zero-order chi connectivity index (χ0) is 6.85. The number of aliphatic hydroxyl groups is 1. The van der Waals surface area contributed by atoms with Crippen LogP contribution in [-0.4, -0.2) is 18.0 Å². The molecule has 9 heavy (non-hydrogen) atoms. The molecule has 2 nitrogen and oxygen atoms in total. The second-order valence-electron chi connectivity index (χ2n) is 2.57. The van der Waals surface area contributed by atoms with Crippen LogP contribution in [0.2, 0.25) is 0 Å². The third-order valence-electron chi connectivity index (χ3n) is 1.45. The third-order valence-corrected chi connectivity index (χ3v) is 1.45. The van der Waals surface area contributed by atoms with Gasteiger partial charge in [-0.05, 0) is 18.4 Å². The summed E-state index contributed by atoms with van der Waals surface area (Å²) in [5.41, 5.74) is 0.925. The van der Waals surface area contributed by atoms with Crippen molar-refractivity contribution in [2.45, 2.75) is 20.1 Å². The lowest BCUT2D eigenvalue weighted by Gasteiger charge is -2.21. The van der Waals surface area contributed by atoms with Crippen LogP contribution in [-0.2, 0) is 4.74 Å². The van der Waals surface area contributed by atoms with E-state index >= 15 is 0 Å². The van der Waals surface area contributed by atoms with Gasteiger partial charge < -0.3 is 9.84 Å². The molecule has 1 rings (SSSR count). The number of aliphatic hydroxyl groups excluding tert-OH is 1. The van der Waals surface area contributed by atoms with Crippen LogP contribution in [0.5, 0.6) is 0 Å². The van der Waals surface area contributed by atoms with E-state index in [1.54, 1.807) is 0 Å². The second kappa shape index (κ2) is 2.50. The maximum absolute atomic E-state index is 9.00. The van der Waals surface area contributed by atoms with Gasteiger partial charge in [0.2, 0.25) is 0 Å². The van der Waals surface area contributed by atoms with E-state index < -0.39 is 6.29 Å². The fraction of sp³-hybridized carbons (Fsp3) is 0.714. The Morgan fingerprint density at radius 2 is 2.44 bits per heavy atom. The number of hydrogen-bond donors (Lipinski definition) is 1. The summed E-state index contributed by atoms with van der Waals surface area (Å²) < 4.78 is 4.99. The standard InChI is InChI=1S/C7H12O2/c1-5-3-6(2)7(8)9-4-5/h3,5,7-8H,4H2,1-2H3. The smallest absolute Gasteiger partial charge is 0.176 e. The normalized spacial score (nSPS) is 36.1. The third kappa shape index (κ3) is 1.53. The van der Waals surface area contributed by atoms with Gasteiger partial charge in [-0.25, -0.2) is 0 Å². The number of rotatable bonds is 0. The molecule has 1 aliphatic rings. The molecule has 0 amide bonds. The Labute approximate surface area is 55.1 Å². The summed E-state index contributed by atoms with van der Waals surface area (Å²) in [4.78, 5) is 0. The first-order chi connectivity index (χ1) is 4.20. The monoisotopic (exact) mass is 128 g/mol. The minimum atomic E-state index is -0.652. The predicted octanol–water partition coefficient (Wildman–Crippen LogP) is 0.917. The molecule has 0 saturated heterocycles. The highest BCUT2D eigenvalue weighted by atomic mass is 16.6. The summed E-state index contributed by atoms with van der Waals surface area (Å²) in [6.45, 7) is 4.58. The molecule has 0 aromatic heterocycles. The van der Waals surface area contributed by atoms with Crippen LogP contribution in [0, 0.1) is 5.92 Å². The molecule has 0 aromatic carbocycles. The van der Waals surface area contributed by atoms with Crippen LogP contribution in [0.1, 0.15) is 13.8 Å². The largest absolute Gasteiger partial charge is 0.364 e. The summed E-state index contributed by atoms with van der Waals surface area (Å²) in [5, 5.41) is 9.00. The van der Waals surface area contributed by atoms with Gasteiger partial charge in [0, 0.05) is 0 Å². The fourth-order valence-electron chi connectivity index (χ4n) is 0.954. The average Bonchev–Trinajstić information content (AvgIpc) is 1.80. The first-order valence-electron chi connectivity index (χ1n) is 3.18. The van der Waals surface area contributed by atoms with Crippen molar-refractivity contribution in [3.63, 3.8) is 0 Å². The quantitative estimate of drug-likeness (QED) is 0.491. The molecule has 52 valence electrons. The van der Waals surface area contributed by atoms with Crippen LogP contribution >= 0.6 is 0 Å². The van der Waals surface area contributed by atoms with E-state index in [9.17, 15) is 0 Å². The summed E-state index contributed by atoms with van der Waals surface area (Å²) >= 11 is 0. The van der Waals surface area contributed by atoms with E-state index in [2.05, 4.69) is 6.92 Å². The maximum Gasteiger partial charge on any atom is 0.176 e. The van der Waals surface area contributed by atoms with E-state index in [0.717, 1.165) is 5.57 Å². The zero-order valence-electron chi connectivity index (χ0n) is 5.79.